The van der Waals surface area contributed by atoms with Crippen molar-refractivity contribution in [2.24, 2.45) is 0 Å². The summed E-state index contributed by atoms with van der Waals surface area (Å²) in [6, 6.07) is 22.0. The van der Waals surface area contributed by atoms with Crippen molar-refractivity contribution >= 4 is 17.7 Å². The number of hydrogen-bond acceptors (Lipinski definition) is 5. The van der Waals surface area contributed by atoms with Crippen LogP contribution in [0.1, 0.15) is 22.6 Å². The highest BCUT2D eigenvalue weighted by Crippen LogP contribution is 2.44. The molecule has 0 heterocycles. The van der Waals surface area contributed by atoms with E-state index in [9.17, 15) is 14.8 Å². The van der Waals surface area contributed by atoms with Crippen molar-refractivity contribution in [2.75, 3.05) is 13.7 Å². The second-order valence-electron chi connectivity index (χ2n) is 7.61. The van der Waals surface area contributed by atoms with Crippen molar-refractivity contribution in [2.45, 2.75) is 18.4 Å². The van der Waals surface area contributed by atoms with Crippen LogP contribution in [0.3, 0.4) is 0 Å². The molecule has 1 amide bonds. The molecule has 0 saturated heterocycles. The van der Waals surface area contributed by atoms with E-state index in [1.807, 2.05) is 36.4 Å². The lowest BCUT2D eigenvalue weighted by Crippen LogP contribution is -2.70. The van der Waals surface area contributed by atoms with Crippen LogP contribution in [0.5, 0.6) is 0 Å². The van der Waals surface area contributed by atoms with Gasteiger partial charge in [0.15, 0.2) is 0 Å². The molecule has 0 saturated carbocycles. The summed E-state index contributed by atoms with van der Waals surface area (Å²) in [6.07, 6.45) is -0.470. The zero-order chi connectivity index (χ0) is 22.5. The summed E-state index contributed by atoms with van der Waals surface area (Å²) in [5, 5.41) is 13.4. The number of hydrogen-bond donors (Lipinski definition) is 2. The van der Waals surface area contributed by atoms with Gasteiger partial charge in [-0.25, -0.2) is 9.59 Å². The van der Waals surface area contributed by atoms with Crippen LogP contribution in [-0.4, -0.2) is 31.8 Å². The first kappa shape index (κ1) is 21.5. The van der Waals surface area contributed by atoms with E-state index in [1.54, 1.807) is 24.3 Å². The minimum absolute atomic E-state index is 0.0689. The third-order valence-corrected chi connectivity index (χ3v) is 5.68. The summed E-state index contributed by atoms with van der Waals surface area (Å²) in [6.45, 7) is 0.155. The minimum Gasteiger partial charge on any atom is -0.630 e. The number of methoxy groups -OCH3 is 1. The minimum atomic E-state index is -0.905. The fraction of sp³-hybridized carbons (Fsp3) is 0.200. The first-order valence-corrected chi connectivity index (χ1v) is 10.3. The average molecular weight is 432 g/mol. The molecule has 1 aliphatic carbocycles. The van der Waals surface area contributed by atoms with Gasteiger partial charge in [0.1, 0.15) is 18.3 Å². The number of ether oxygens (including phenoxy) is 2. The van der Waals surface area contributed by atoms with Gasteiger partial charge in [-0.15, -0.1) is 0 Å². The Labute approximate surface area is 185 Å². The third kappa shape index (κ3) is 4.49. The fourth-order valence-electron chi connectivity index (χ4n) is 4.09. The topological polar surface area (TPSA) is 104 Å². The van der Waals surface area contributed by atoms with Crippen molar-refractivity contribution in [1.82, 2.24) is 5.32 Å². The van der Waals surface area contributed by atoms with Crippen LogP contribution in [0.25, 0.3) is 11.1 Å². The summed E-state index contributed by atoms with van der Waals surface area (Å²) in [7, 11) is 1.27. The molecule has 0 radical (unpaired) electrons. The summed E-state index contributed by atoms with van der Waals surface area (Å²) >= 11 is 0. The van der Waals surface area contributed by atoms with Gasteiger partial charge in [0, 0.05) is 12.3 Å². The number of quaternary nitrogens is 1. The molecule has 3 aromatic rings. The van der Waals surface area contributed by atoms with E-state index in [0.29, 0.717) is 5.69 Å². The maximum atomic E-state index is 12.6. The Hall–Kier alpha value is -3.68. The van der Waals surface area contributed by atoms with E-state index in [4.69, 9.17) is 9.47 Å². The largest absolute Gasteiger partial charge is 0.630 e. The number of esters is 1. The molecule has 7 heteroatoms. The second-order valence-corrected chi connectivity index (χ2v) is 7.61. The third-order valence-electron chi connectivity index (χ3n) is 5.68. The van der Waals surface area contributed by atoms with Crippen molar-refractivity contribution in [1.29, 1.82) is 0 Å². The molecule has 7 nitrogen and oxygen atoms in total. The Balaban J connectivity index is 1.43. The average Bonchev–Trinajstić information content (AvgIpc) is 3.16. The molecule has 0 fully saturated rings. The fourth-order valence-corrected chi connectivity index (χ4v) is 4.09. The Bertz CT molecular complexity index is 1070. The van der Waals surface area contributed by atoms with Crippen molar-refractivity contribution < 1.29 is 24.5 Å². The molecule has 0 aromatic heterocycles. The van der Waals surface area contributed by atoms with Gasteiger partial charge in [-0.1, -0.05) is 60.7 Å². The Morgan fingerprint density at radius 3 is 2.12 bits per heavy atom. The van der Waals surface area contributed by atoms with E-state index in [2.05, 4.69) is 17.4 Å². The zero-order valence-electron chi connectivity index (χ0n) is 17.6. The van der Waals surface area contributed by atoms with Crippen LogP contribution in [0.4, 0.5) is 10.5 Å². The first-order chi connectivity index (χ1) is 15.6. The Morgan fingerprint density at radius 2 is 1.56 bits per heavy atom. The second kappa shape index (κ2) is 9.64. The van der Waals surface area contributed by atoms with Crippen LogP contribution < -0.4 is 10.8 Å². The highest BCUT2D eigenvalue weighted by molar-refractivity contribution is 5.82. The van der Waals surface area contributed by atoms with Crippen LogP contribution in [-0.2, 0) is 20.7 Å². The molecule has 0 aliphatic heterocycles. The molecule has 1 aliphatic rings. The van der Waals surface area contributed by atoms with Crippen molar-refractivity contribution in [3.63, 3.8) is 0 Å². The lowest BCUT2D eigenvalue weighted by molar-refractivity contribution is -0.497. The van der Waals surface area contributed by atoms with Crippen molar-refractivity contribution in [3.05, 3.63) is 94.7 Å². The molecule has 4 rings (SSSR count). The SMILES string of the molecule is COC(=O)C(Cc1ccc([NH2+][O-])cc1)NC(=O)OCC1c2ccccc2-c2ccccc21. The van der Waals surface area contributed by atoms with Crippen LogP contribution in [0.15, 0.2) is 72.8 Å². The number of rotatable bonds is 7. The van der Waals surface area contributed by atoms with Gasteiger partial charge in [-0.05, 0) is 39.9 Å². The first-order valence-electron chi connectivity index (χ1n) is 10.3. The molecule has 3 N–H and O–H groups in total. The summed E-state index contributed by atoms with van der Waals surface area (Å²) in [5.41, 5.74) is 6.57. The maximum Gasteiger partial charge on any atom is 0.407 e. The molecule has 3 aromatic carbocycles. The molecular weight excluding hydrogens is 408 g/mol. The molecule has 164 valence electrons. The number of benzene rings is 3. The van der Waals surface area contributed by atoms with Gasteiger partial charge in [0.05, 0.1) is 7.11 Å². The highest BCUT2D eigenvalue weighted by atomic mass is 16.6. The van der Waals surface area contributed by atoms with Crippen LogP contribution >= 0.6 is 0 Å². The number of nitrogens with one attached hydrogen (secondary N) is 1. The van der Waals surface area contributed by atoms with Gasteiger partial charge in [0.25, 0.3) is 0 Å². The monoisotopic (exact) mass is 432 g/mol. The number of fused-ring (bicyclic) bond motifs is 3. The Morgan fingerprint density at radius 1 is 0.969 bits per heavy atom. The predicted molar refractivity (Wildman–Crippen MR) is 119 cm³/mol. The van der Waals surface area contributed by atoms with E-state index >= 15 is 0 Å². The molecule has 1 unspecified atom stereocenters. The number of nitrogens with two attached hydrogens (primary N) is 1. The summed E-state index contributed by atoms with van der Waals surface area (Å²) in [4.78, 5) is 24.8. The zero-order valence-corrected chi connectivity index (χ0v) is 17.6. The number of alkyl carbamates (subject to hydrolysis) is 1. The number of amides is 1. The van der Waals surface area contributed by atoms with Crippen LogP contribution in [0, 0.1) is 5.21 Å². The molecular formula is C25H24N2O5. The highest BCUT2D eigenvalue weighted by Gasteiger charge is 2.30. The Kier molecular flexibility index (Phi) is 6.49. The molecule has 0 bridgehead atoms. The molecule has 32 heavy (non-hydrogen) atoms. The summed E-state index contributed by atoms with van der Waals surface area (Å²) < 4.78 is 10.4. The van der Waals surface area contributed by atoms with Crippen molar-refractivity contribution in [3.8, 4) is 11.1 Å². The van der Waals surface area contributed by atoms with Gasteiger partial charge in [-0.3, -0.25) is 0 Å². The van der Waals surface area contributed by atoms with E-state index < -0.39 is 18.1 Å². The lowest BCUT2D eigenvalue weighted by atomic mass is 9.98. The lowest BCUT2D eigenvalue weighted by Gasteiger charge is -2.18. The van der Waals surface area contributed by atoms with Crippen LogP contribution in [0.2, 0.25) is 0 Å². The predicted octanol–water partition coefficient (Wildman–Crippen LogP) is 3.00. The van der Waals surface area contributed by atoms with E-state index in [-0.39, 0.29) is 18.9 Å². The van der Waals surface area contributed by atoms with Gasteiger partial charge in [-0.2, -0.15) is 0 Å². The van der Waals surface area contributed by atoms with Gasteiger partial charge in [0.2, 0.25) is 0 Å². The van der Waals surface area contributed by atoms with E-state index in [0.717, 1.165) is 33.3 Å². The van der Waals surface area contributed by atoms with Gasteiger partial charge >= 0.3 is 12.1 Å². The molecule has 0 spiro atoms. The quantitative estimate of drug-likeness (QED) is 0.339. The number of carbonyl (C=O) groups is 2. The summed E-state index contributed by atoms with van der Waals surface area (Å²) in [5.74, 6) is -0.640. The maximum absolute atomic E-state index is 12.6. The smallest absolute Gasteiger partial charge is 0.407 e. The number of carbonyl (C=O) groups excluding carboxylic acids is 2. The normalized spacial score (nSPS) is 13.1. The molecule has 1 atom stereocenters. The van der Waals surface area contributed by atoms with E-state index in [1.165, 1.54) is 7.11 Å². The standard InChI is InChI=1S/C25H24N2O5/c1-31-24(28)23(14-16-10-12-17(27-30)13-11-16)26-25(29)32-15-22-20-8-4-2-6-18(20)19-7-3-5-9-21(19)22/h2-13,22-23H,14-15,27H2,1H3,(H,26,29). The van der Waals surface area contributed by atoms with Gasteiger partial charge < -0.3 is 25.5 Å².